The summed E-state index contributed by atoms with van der Waals surface area (Å²) < 4.78 is 0. The Hall–Kier alpha value is -2.41. The van der Waals surface area contributed by atoms with Gasteiger partial charge in [-0.2, -0.15) is 5.26 Å². The van der Waals surface area contributed by atoms with Gasteiger partial charge in [0.15, 0.2) is 5.82 Å². The van der Waals surface area contributed by atoms with E-state index in [0.717, 1.165) is 5.69 Å². The van der Waals surface area contributed by atoms with Crippen LogP contribution in [0.15, 0.2) is 30.7 Å². The summed E-state index contributed by atoms with van der Waals surface area (Å²) in [6, 6.07) is 8.08. The molecule has 17 heavy (non-hydrogen) atoms. The van der Waals surface area contributed by atoms with Crippen LogP contribution in [0.3, 0.4) is 0 Å². The van der Waals surface area contributed by atoms with Crippen LogP contribution < -0.4 is 5.32 Å². The minimum atomic E-state index is 0.436. The molecule has 0 radical (unpaired) electrons. The molecule has 0 aliphatic rings. The Morgan fingerprint density at radius 1 is 1.24 bits per heavy atom. The number of aryl methyl sites for hydroxylation is 2. The average Bonchev–Trinajstić information content (AvgIpc) is 2.34. The second-order valence-corrected chi connectivity index (χ2v) is 3.82. The Morgan fingerprint density at radius 3 is 2.76 bits per heavy atom. The van der Waals surface area contributed by atoms with Crippen molar-refractivity contribution in [2.75, 3.05) is 5.32 Å². The van der Waals surface area contributed by atoms with Crippen LogP contribution in [0.4, 0.5) is 11.5 Å². The van der Waals surface area contributed by atoms with Gasteiger partial charge in [0.2, 0.25) is 0 Å². The molecule has 4 heteroatoms. The number of aromatic nitrogens is 2. The minimum absolute atomic E-state index is 0.436. The zero-order valence-electron chi connectivity index (χ0n) is 9.73. The minimum Gasteiger partial charge on any atom is -0.339 e. The summed E-state index contributed by atoms with van der Waals surface area (Å²) in [4.78, 5) is 7.87. The van der Waals surface area contributed by atoms with E-state index in [4.69, 9.17) is 5.26 Å². The van der Waals surface area contributed by atoms with E-state index in [1.54, 1.807) is 0 Å². The van der Waals surface area contributed by atoms with Gasteiger partial charge in [0, 0.05) is 5.69 Å². The molecule has 4 nitrogen and oxygen atoms in total. The van der Waals surface area contributed by atoms with Gasteiger partial charge < -0.3 is 5.32 Å². The lowest BCUT2D eigenvalue weighted by Crippen LogP contribution is -1.98. The SMILES string of the molecule is Cc1ccc(Nc2ncncc2C#N)cc1C. The van der Waals surface area contributed by atoms with E-state index in [2.05, 4.69) is 28.3 Å². The molecule has 1 aromatic heterocycles. The predicted octanol–water partition coefficient (Wildman–Crippen LogP) is 2.71. The first-order valence-electron chi connectivity index (χ1n) is 5.25. The Kier molecular flexibility index (Phi) is 3.01. The van der Waals surface area contributed by atoms with Crippen LogP contribution in [-0.2, 0) is 0 Å². The zero-order valence-corrected chi connectivity index (χ0v) is 9.73. The lowest BCUT2D eigenvalue weighted by atomic mass is 10.1. The summed E-state index contributed by atoms with van der Waals surface area (Å²) >= 11 is 0. The maximum Gasteiger partial charge on any atom is 0.151 e. The van der Waals surface area contributed by atoms with Crippen LogP contribution >= 0.6 is 0 Å². The molecular weight excluding hydrogens is 212 g/mol. The summed E-state index contributed by atoms with van der Waals surface area (Å²) in [5, 5.41) is 12.0. The third kappa shape index (κ3) is 2.40. The third-order valence-electron chi connectivity index (χ3n) is 2.60. The van der Waals surface area contributed by atoms with E-state index >= 15 is 0 Å². The van der Waals surface area contributed by atoms with Crippen LogP contribution in [0.1, 0.15) is 16.7 Å². The normalized spacial score (nSPS) is 9.71. The zero-order chi connectivity index (χ0) is 12.3. The molecule has 0 atom stereocenters. The van der Waals surface area contributed by atoms with Crippen LogP contribution in [0.2, 0.25) is 0 Å². The number of hydrogen-bond acceptors (Lipinski definition) is 4. The van der Waals surface area contributed by atoms with Gasteiger partial charge in [0.1, 0.15) is 18.0 Å². The lowest BCUT2D eigenvalue weighted by molar-refractivity contribution is 1.15. The molecule has 1 aromatic carbocycles. The van der Waals surface area contributed by atoms with Gasteiger partial charge in [0.25, 0.3) is 0 Å². The second kappa shape index (κ2) is 4.62. The number of nitrogens with one attached hydrogen (secondary N) is 1. The number of rotatable bonds is 2. The third-order valence-corrected chi connectivity index (χ3v) is 2.60. The van der Waals surface area contributed by atoms with Crippen molar-refractivity contribution in [3.05, 3.63) is 47.4 Å². The number of anilines is 2. The first kappa shape index (κ1) is 11.1. The quantitative estimate of drug-likeness (QED) is 0.851. The molecule has 1 heterocycles. The van der Waals surface area contributed by atoms with Crippen molar-refractivity contribution in [2.45, 2.75) is 13.8 Å². The van der Waals surface area contributed by atoms with Gasteiger partial charge >= 0.3 is 0 Å². The molecule has 0 aliphatic carbocycles. The summed E-state index contributed by atoms with van der Waals surface area (Å²) in [6.45, 7) is 4.11. The van der Waals surface area contributed by atoms with Crippen molar-refractivity contribution >= 4 is 11.5 Å². The van der Waals surface area contributed by atoms with Gasteiger partial charge in [-0.25, -0.2) is 9.97 Å². The molecule has 84 valence electrons. The Morgan fingerprint density at radius 2 is 2.06 bits per heavy atom. The van der Waals surface area contributed by atoms with Crippen LogP contribution in [0, 0.1) is 25.2 Å². The maximum absolute atomic E-state index is 8.93. The number of nitrogens with zero attached hydrogens (tertiary/aromatic N) is 3. The molecule has 1 N–H and O–H groups in total. The first-order valence-corrected chi connectivity index (χ1v) is 5.25. The molecule has 0 spiro atoms. The fourth-order valence-electron chi connectivity index (χ4n) is 1.47. The molecule has 0 amide bonds. The highest BCUT2D eigenvalue weighted by atomic mass is 15.0. The van der Waals surface area contributed by atoms with Gasteiger partial charge in [-0.15, -0.1) is 0 Å². The maximum atomic E-state index is 8.93. The number of benzene rings is 1. The van der Waals surface area contributed by atoms with Gasteiger partial charge in [-0.1, -0.05) is 6.07 Å². The molecule has 2 aromatic rings. The van der Waals surface area contributed by atoms with E-state index < -0.39 is 0 Å². The molecule has 0 fully saturated rings. The van der Waals surface area contributed by atoms with Crippen LogP contribution in [0.25, 0.3) is 0 Å². The monoisotopic (exact) mass is 224 g/mol. The van der Waals surface area contributed by atoms with Gasteiger partial charge in [-0.05, 0) is 37.1 Å². The average molecular weight is 224 g/mol. The van der Waals surface area contributed by atoms with Crippen molar-refractivity contribution in [1.82, 2.24) is 9.97 Å². The van der Waals surface area contributed by atoms with Crippen molar-refractivity contribution < 1.29 is 0 Å². The second-order valence-electron chi connectivity index (χ2n) is 3.82. The first-order chi connectivity index (χ1) is 8.20. The molecule has 0 saturated carbocycles. The topological polar surface area (TPSA) is 61.6 Å². The predicted molar refractivity (Wildman–Crippen MR) is 65.9 cm³/mol. The molecule has 2 rings (SSSR count). The molecule has 0 unspecified atom stereocenters. The molecule has 0 aliphatic heterocycles. The summed E-state index contributed by atoms with van der Waals surface area (Å²) in [6.07, 6.45) is 2.92. The Labute approximate surface area is 100.0 Å². The molecular formula is C13H12N4. The largest absolute Gasteiger partial charge is 0.339 e. The van der Waals surface area contributed by atoms with Crippen molar-refractivity contribution in [1.29, 1.82) is 5.26 Å². The smallest absolute Gasteiger partial charge is 0.151 e. The van der Waals surface area contributed by atoms with E-state index in [0.29, 0.717) is 11.4 Å². The van der Waals surface area contributed by atoms with Crippen LogP contribution in [-0.4, -0.2) is 9.97 Å². The van der Waals surface area contributed by atoms with Crippen molar-refractivity contribution in [3.63, 3.8) is 0 Å². The highest BCUT2D eigenvalue weighted by molar-refractivity contribution is 5.62. The molecule has 0 saturated heterocycles. The van der Waals surface area contributed by atoms with Crippen molar-refractivity contribution in [2.24, 2.45) is 0 Å². The number of hydrogen-bond donors (Lipinski definition) is 1. The van der Waals surface area contributed by atoms with E-state index in [-0.39, 0.29) is 0 Å². The van der Waals surface area contributed by atoms with Gasteiger partial charge in [0.05, 0.1) is 6.20 Å². The highest BCUT2D eigenvalue weighted by Crippen LogP contribution is 2.19. The standard InChI is InChI=1S/C13H12N4/c1-9-3-4-12(5-10(9)2)17-13-11(6-14)7-15-8-16-13/h3-5,7-8H,1-2H3,(H,15,16,17). The fourth-order valence-corrected chi connectivity index (χ4v) is 1.47. The van der Waals surface area contributed by atoms with Crippen LogP contribution in [0.5, 0.6) is 0 Å². The van der Waals surface area contributed by atoms with E-state index in [1.807, 2.05) is 25.1 Å². The summed E-state index contributed by atoms with van der Waals surface area (Å²) in [5.74, 6) is 0.533. The van der Waals surface area contributed by atoms with E-state index in [1.165, 1.54) is 23.7 Å². The fraction of sp³-hybridized carbons (Fsp3) is 0.154. The summed E-state index contributed by atoms with van der Waals surface area (Å²) in [5.41, 5.74) is 3.79. The highest BCUT2D eigenvalue weighted by Gasteiger charge is 2.03. The summed E-state index contributed by atoms with van der Waals surface area (Å²) in [7, 11) is 0. The van der Waals surface area contributed by atoms with Crippen molar-refractivity contribution in [3.8, 4) is 6.07 Å². The Balaban J connectivity index is 2.32. The lowest BCUT2D eigenvalue weighted by Gasteiger charge is -2.08. The number of nitriles is 1. The van der Waals surface area contributed by atoms with Gasteiger partial charge in [-0.3, -0.25) is 0 Å². The molecule has 0 bridgehead atoms. The Bertz CT molecular complexity index is 584. The van der Waals surface area contributed by atoms with E-state index in [9.17, 15) is 0 Å².